The molecule has 1 nitrogen and oxygen atoms in total. The summed E-state index contributed by atoms with van der Waals surface area (Å²) in [5, 5.41) is 0. The summed E-state index contributed by atoms with van der Waals surface area (Å²) >= 11 is 0. The summed E-state index contributed by atoms with van der Waals surface area (Å²) in [5.41, 5.74) is 1.23. The van der Waals surface area contributed by atoms with Crippen LogP contribution in [0.4, 0.5) is 0 Å². The van der Waals surface area contributed by atoms with Crippen LogP contribution in [0.5, 0.6) is 5.75 Å². The molecule has 0 aliphatic carbocycles. The summed E-state index contributed by atoms with van der Waals surface area (Å²) in [7, 11) is 0. The lowest BCUT2D eigenvalue weighted by atomic mass is 10.0. The summed E-state index contributed by atoms with van der Waals surface area (Å²) < 4.78 is 5.60. The maximum Gasteiger partial charge on any atom is 0.123 e. The quantitative estimate of drug-likeness (QED) is 0.547. The smallest absolute Gasteiger partial charge is 0.123 e. The number of rotatable bonds is 0. The first-order chi connectivity index (χ1) is 5.36. The Morgan fingerprint density at radius 2 is 2.18 bits per heavy atom. The van der Waals surface area contributed by atoms with Gasteiger partial charge in [0.15, 0.2) is 0 Å². The highest BCUT2D eigenvalue weighted by atomic mass is 16.5. The number of hydrogen-bond donors (Lipinski definition) is 0. The normalized spacial score (nSPS) is 22.1. The van der Waals surface area contributed by atoms with Crippen molar-refractivity contribution in [2.24, 2.45) is 0 Å². The van der Waals surface area contributed by atoms with Crippen molar-refractivity contribution in [1.82, 2.24) is 0 Å². The molecular formula is C10H11O. The van der Waals surface area contributed by atoms with Crippen molar-refractivity contribution in [3.8, 4) is 5.75 Å². The highest BCUT2D eigenvalue weighted by molar-refractivity contribution is 5.40. The third-order valence-electron chi connectivity index (χ3n) is 1.92. The standard InChI is InChI=1S/C10H11O/c1-8-6-7-9-4-2-3-5-10(9)11-8/h2-5,7-8H,6H2,1H3. The highest BCUT2D eigenvalue weighted by Crippen LogP contribution is 2.27. The summed E-state index contributed by atoms with van der Waals surface area (Å²) in [6, 6.07) is 8.14. The van der Waals surface area contributed by atoms with E-state index in [0.29, 0.717) is 6.10 Å². The minimum atomic E-state index is 0.338. The van der Waals surface area contributed by atoms with Gasteiger partial charge in [-0.3, -0.25) is 0 Å². The van der Waals surface area contributed by atoms with Gasteiger partial charge in [0.05, 0.1) is 6.10 Å². The summed E-state index contributed by atoms with van der Waals surface area (Å²) in [6.07, 6.45) is 3.59. The zero-order valence-corrected chi connectivity index (χ0v) is 6.58. The Morgan fingerprint density at radius 3 is 3.09 bits per heavy atom. The largest absolute Gasteiger partial charge is 0.490 e. The van der Waals surface area contributed by atoms with Crippen LogP contribution in [0.2, 0.25) is 0 Å². The second kappa shape index (κ2) is 2.57. The summed E-state index contributed by atoms with van der Waals surface area (Å²) in [5.74, 6) is 1.02. The molecule has 11 heavy (non-hydrogen) atoms. The van der Waals surface area contributed by atoms with Crippen molar-refractivity contribution in [1.29, 1.82) is 0 Å². The van der Waals surface area contributed by atoms with Crippen LogP contribution in [0.15, 0.2) is 24.3 Å². The minimum absolute atomic E-state index is 0.338. The zero-order valence-electron chi connectivity index (χ0n) is 6.58. The number of hydrogen-bond acceptors (Lipinski definition) is 1. The van der Waals surface area contributed by atoms with Gasteiger partial charge in [-0.25, -0.2) is 0 Å². The predicted octanol–water partition coefficient (Wildman–Crippen LogP) is 2.41. The van der Waals surface area contributed by atoms with Crippen LogP contribution in [0, 0.1) is 6.42 Å². The predicted molar refractivity (Wildman–Crippen MR) is 44.6 cm³/mol. The van der Waals surface area contributed by atoms with E-state index in [9.17, 15) is 0 Å². The Morgan fingerprint density at radius 1 is 1.36 bits per heavy atom. The first kappa shape index (κ1) is 6.71. The molecule has 0 bridgehead atoms. The van der Waals surface area contributed by atoms with Gasteiger partial charge in [0.1, 0.15) is 5.75 Å². The average molecular weight is 147 g/mol. The lowest BCUT2D eigenvalue weighted by Crippen LogP contribution is -2.17. The number of ether oxygens (including phenoxy) is 1. The van der Waals surface area contributed by atoms with Crippen LogP contribution < -0.4 is 4.74 Å². The number of benzene rings is 1. The van der Waals surface area contributed by atoms with Crippen molar-refractivity contribution in [3.63, 3.8) is 0 Å². The molecule has 0 amide bonds. The van der Waals surface area contributed by atoms with Gasteiger partial charge in [0.2, 0.25) is 0 Å². The van der Waals surface area contributed by atoms with E-state index in [1.807, 2.05) is 18.2 Å². The minimum Gasteiger partial charge on any atom is -0.490 e. The first-order valence-electron chi connectivity index (χ1n) is 3.95. The molecule has 2 rings (SSSR count). The molecule has 57 valence electrons. The fourth-order valence-corrected chi connectivity index (χ4v) is 1.31. The lowest BCUT2D eigenvalue weighted by Gasteiger charge is -2.22. The molecule has 1 radical (unpaired) electrons. The van der Waals surface area contributed by atoms with E-state index in [0.717, 1.165) is 12.2 Å². The monoisotopic (exact) mass is 147 g/mol. The fraction of sp³-hybridized carbons (Fsp3) is 0.300. The Balaban J connectivity index is 2.34. The van der Waals surface area contributed by atoms with Crippen LogP contribution in [-0.2, 0) is 0 Å². The molecular weight excluding hydrogens is 136 g/mol. The Kier molecular flexibility index (Phi) is 1.57. The molecule has 1 aliphatic rings. The molecule has 1 heteroatoms. The van der Waals surface area contributed by atoms with Crippen LogP contribution in [0.1, 0.15) is 18.9 Å². The van der Waals surface area contributed by atoms with E-state index in [2.05, 4.69) is 19.4 Å². The second-order valence-electron chi connectivity index (χ2n) is 2.91. The van der Waals surface area contributed by atoms with Crippen molar-refractivity contribution in [2.45, 2.75) is 19.4 Å². The van der Waals surface area contributed by atoms with Crippen LogP contribution in [0.3, 0.4) is 0 Å². The third kappa shape index (κ3) is 1.23. The van der Waals surface area contributed by atoms with Gasteiger partial charge >= 0.3 is 0 Å². The molecule has 0 aromatic heterocycles. The van der Waals surface area contributed by atoms with E-state index in [1.165, 1.54) is 5.56 Å². The Bertz CT molecular complexity index is 255. The number of para-hydroxylation sites is 1. The van der Waals surface area contributed by atoms with E-state index in [-0.39, 0.29) is 0 Å². The Labute approximate surface area is 67.0 Å². The molecule has 1 unspecified atom stereocenters. The summed E-state index contributed by atoms with van der Waals surface area (Å²) in [4.78, 5) is 0. The fourth-order valence-electron chi connectivity index (χ4n) is 1.31. The van der Waals surface area contributed by atoms with Gasteiger partial charge in [-0.05, 0) is 31.4 Å². The van der Waals surface area contributed by atoms with E-state index < -0.39 is 0 Å². The number of fused-ring (bicyclic) bond motifs is 1. The average Bonchev–Trinajstić information content (AvgIpc) is 2.04. The van der Waals surface area contributed by atoms with Gasteiger partial charge in [-0.1, -0.05) is 18.2 Å². The molecule has 0 spiro atoms. The maximum absolute atomic E-state index is 5.60. The van der Waals surface area contributed by atoms with Crippen molar-refractivity contribution >= 4 is 0 Å². The Hall–Kier alpha value is -0.980. The molecule has 0 saturated heterocycles. The van der Waals surface area contributed by atoms with Crippen LogP contribution in [0.25, 0.3) is 0 Å². The second-order valence-corrected chi connectivity index (χ2v) is 2.91. The molecule has 1 aliphatic heterocycles. The van der Waals surface area contributed by atoms with E-state index in [1.54, 1.807) is 0 Å². The van der Waals surface area contributed by atoms with Crippen molar-refractivity contribution in [2.75, 3.05) is 0 Å². The molecule has 1 aromatic carbocycles. The SMILES string of the molecule is CC1C[CH]c2ccccc2O1. The van der Waals surface area contributed by atoms with E-state index in [4.69, 9.17) is 4.74 Å². The third-order valence-corrected chi connectivity index (χ3v) is 1.92. The molecule has 1 atom stereocenters. The van der Waals surface area contributed by atoms with E-state index >= 15 is 0 Å². The van der Waals surface area contributed by atoms with Gasteiger partial charge in [0.25, 0.3) is 0 Å². The van der Waals surface area contributed by atoms with Crippen molar-refractivity contribution in [3.05, 3.63) is 36.2 Å². The molecule has 0 N–H and O–H groups in total. The first-order valence-corrected chi connectivity index (χ1v) is 3.95. The maximum atomic E-state index is 5.60. The zero-order chi connectivity index (χ0) is 7.68. The van der Waals surface area contributed by atoms with Gasteiger partial charge in [-0.15, -0.1) is 0 Å². The van der Waals surface area contributed by atoms with Gasteiger partial charge < -0.3 is 4.74 Å². The molecule has 0 fully saturated rings. The van der Waals surface area contributed by atoms with Crippen LogP contribution in [-0.4, -0.2) is 6.10 Å². The highest BCUT2D eigenvalue weighted by Gasteiger charge is 2.14. The van der Waals surface area contributed by atoms with Crippen LogP contribution >= 0.6 is 0 Å². The molecule has 1 aromatic rings. The summed E-state index contributed by atoms with van der Waals surface area (Å²) in [6.45, 7) is 2.09. The molecule has 1 heterocycles. The van der Waals surface area contributed by atoms with Gasteiger partial charge in [0, 0.05) is 0 Å². The van der Waals surface area contributed by atoms with Crippen molar-refractivity contribution < 1.29 is 4.74 Å². The lowest BCUT2D eigenvalue weighted by molar-refractivity contribution is 0.209. The topological polar surface area (TPSA) is 9.23 Å². The van der Waals surface area contributed by atoms with Gasteiger partial charge in [-0.2, -0.15) is 0 Å². The molecule has 0 saturated carbocycles.